The van der Waals surface area contributed by atoms with Crippen LogP contribution >= 0.6 is 0 Å². The van der Waals surface area contributed by atoms with Crippen molar-refractivity contribution in [2.45, 2.75) is 24.0 Å². The van der Waals surface area contributed by atoms with E-state index in [0.717, 1.165) is 27.9 Å². The molecule has 120 valence electrons. The number of imidazole rings is 1. The van der Waals surface area contributed by atoms with Crippen molar-refractivity contribution in [1.82, 2.24) is 9.97 Å². The van der Waals surface area contributed by atoms with E-state index >= 15 is 0 Å². The minimum atomic E-state index is -1.46. The van der Waals surface area contributed by atoms with Crippen LogP contribution in [0.25, 0.3) is 11.0 Å². The van der Waals surface area contributed by atoms with Gasteiger partial charge in [-0.15, -0.1) is 0 Å². The molecule has 23 heavy (non-hydrogen) atoms. The van der Waals surface area contributed by atoms with Crippen molar-refractivity contribution in [3.05, 3.63) is 35.5 Å². The number of aromatic amines is 2. The number of aromatic nitrogens is 3. The molecule has 0 saturated heterocycles. The van der Waals surface area contributed by atoms with Crippen LogP contribution in [0.2, 0.25) is 0 Å². The maximum Gasteiger partial charge on any atom is 0.351 e. The second-order valence-electron chi connectivity index (χ2n) is 5.16. The van der Waals surface area contributed by atoms with Crippen LogP contribution < -0.4 is 14.5 Å². The summed E-state index contributed by atoms with van der Waals surface area (Å²) in [6.45, 7) is 3.77. The number of nitrogens with zero attached hydrogens (tertiary/aromatic N) is 1. The van der Waals surface area contributed by atoms with Gasteiger partial charge >= 0.3 is 5.16 Å². The predicted molar refractivity (Wildman–Crippen MR) is 86.3 cm³/mol. The van der Waals surface area contributed by atoms with Gasteiger partial charge in [-0.25, -0.2) is 19.2 Å². The Labute approximate surface area is 136 Å². The number of ether oxygens (including phenoxy) is 2. The fraction of sp³-hybridized carbons (Fsp3) is 0.250. The average Bonchev–Trinajstić information content (AvgIpc) is 2.97. The number of pyridine rings is 1. The molecule has 0 aliphatic carbocycles. The zero-order valence-electron chi connectivity index (χ0n) is 13.4. The number of fused-ring (bicyclic) bond motifs is 1. The minimum Gasteiger partial charge on any atom is -0.497 e. The van der Waals surface area contributed by atoms with E-state index in [0.29, 0.717) is 15.9 Å². The molecule has 0 saturated carbocycles. The summed E-state index contributed by atoms with van der Waals surface area (Å²) < 4.78 is 23.5. The molecule has 0 fully saturated rings. The van der Waals surface area contributed by atoms with Gasteiger partial charge in [0.2, 0.25) is 0 Å². The van der Waals surface area contributed by atoms with E-state index in [4.69, 9.17) is 9.47 Å². The van der Waals surface area contributed by atoms with E-state index in [2.05, 4.69) is 15.0 Å². The SMILES string of the molecule is COc1ccc2[nH+]c(S(=O)c3ncc(C)c(OC)c3C)[nH]c2c1. The van der Waals surface area contributed by atoms with E-state index in [1.165, 1.54) is 0 Å². The Morgan fingerprint density at radius 3 is 2.70 bits per heavy atom. The van der Waals surface area contributed by atoms with Crippen molar-refractivity contribution >= 4 is 21.8 Å². The molecule has 7 heteroatoms. The molecule has 3 aromatic rings. The van der Waals surface area contributed by atoms with Crippen molar-refractivity contribution in [3.8, 4) is 11.5 Å². The lowest BCUT2D eigenvalue weighted by molar-refractivity contribution is -0.397. The molecule has 2 N–H and O–H groups in total. The Balaban J connectivity index is 2.07. The molecule has 0 spiro atoms. The minimum absolute atomic E-state index is 0.474. The summed E-state index contributed by atoms with van der Waals surface area (Å²) in [6, 6.07) is 5.57. The van der Waals surface area contributed by atoms with E-state index in [1.54, 1.807) is 20.4 Å². The average molecular weight is 332 g/mol. The molecule has 0 bridgehead atoms. The van der Waals surface area contributed by atoms with Crippen molar-refractivity contribution < 1.29 is 18.7 Å². The van der Waals surface area contributed by atoms with Gasteiger partial charge in [-0.05, 0) is 26.0 Å². The van der Waals surface area contributed by atoms with Gasteiger partial charge in [0.15, 0.2) is 21.8 Å². The van der Waals surface area contributed by atoms with Crippen LogP contribution in [0.3, 0.4) is 0 Å². The molecule has 2 aromatic heterocycles. The Morgan fingerprint density at radius 1 is 1.22 bits per heavy atom. The van der Waals surface area contributed by atoms with Gasteiger partial charge in [0.05, 0.1) is 14.2 Å². The fourth-order valence-electron chi connectivity index (χ4n) is 2.53. The third kappa shape index (κ3) is 2.68. The second-order valence-corrected chi connectivity index (χ2v) is 6.50. The van der Waals surface area contributed by atoms with Gasteiger partial charge in [-0.2, -0.15) is 0 Å². The molecule has 0 aliphatic heterocycles. The first-order valence-electron chi connectivity index (χ1n) is 7.06. The van der Waals surface area contributed by atoms with Crippen LogP contribution in [0.15, 0.2) is 34.6 Å². The molecule has 2 heterocycles. The number of hydrogen-bond donors (Lipinski definition) is 1. The summed E-state index contributed by atoms with van der Waals surface area (Å²) in [6.07, 6.45) is 1.67. The van der Waals surface area contributed by atoms with Gasteiger partial charge in [0, 0.05) is 23.4 Å². The second kappa shape index (κ2) is 6.00. The fourth-order valence-corrected chi connectivity index (χ4v) is 3.65. The number of benzene rings is 1. The van der Waals surface area contributed by atoms with E-state index in [9.17, 15) is 4.21 Å². The zero-order chi connectivity index (χ0) is 16.6. The Kier molecular flexibility index (Phi) is 4.04. The summed E-state index contributed by atoms with van der Waals surface area (Å²) in [5, 5.41) is 0.956. The molecular formula is C16H18N3O3S+. The molecule has 0 radical (unpaired) electrons. The van der Waals surface area contributed by atoms with Gasteiger partial charge in [0.1, 0.15) is 16.5 Å². The molecular weight excluding hydrogens is 314 g/mol. The normalized spacial score (nSPS) is 12.3. The van der Waals surface area contributed by atoms with E-state index in [1.807, 2.05) is 32.0 Å². The zero-order valence-corrected chi connectivity index (χ0v) is 14.2. The third-order valence-electron chi connectivity index (χ3n) is 3.68. The third-order valence-corrected chi connectivity index (χ3v) is 5.02. The van der Waals surface area contributed by atoms with Crippen molar-refractivity contribution in [1.29, 1.82) is 0 Å². The first-order chi connectivity index (χ1) is 11.0. The number of aryl methyl sites for hydroxylation is 1. The highest BCUT2D eigenvalue weighted by molar-refractivity contribution is 7.84. The summed E-state index contributed by atoms with van der Waals surface area (Å²) in [4.78, 5) is 10.6. The number of hydrogen-bond acceptors (Lipinski definition) is 4. The smallest absolute Gasteiger partial charge is 0.351 e. The quantitative estimate of drug-likeness (QED) is 0.794. The predicted octanol–water partition coefficient (Wildman–Crippen LogP) is 2.18. The summed E-state index contributed by atoms with van der Waals surface area (Å²) in [7, 11) is 1.75. The van der Waals surface area contributed by atoms with Crippen LogP contribution in [0.1, 0.15) is 11.1 Å². The highest BCUT2D eigenvalue weighted by atomic mass is 32.2. The lowest BCUT2D eigenvalue weighted by Crippen LogP contribution is -2.12. The number of H-pyrrole nitrogens is 2. The first kappa shape index (κ1) is 15.5. The van der Waals surface area contributed by atoms with Crippen LogP contribution in [-0.2, 0) is 10.8 Å². The van der Waals surface area contributed by atoms with Gasteiger partial charge < -0.3 is 9.47 Å². The topological polar surface area (TPSA) is 78.3 Å². The maximum atomic E-state index is 12.9. The van der Waals surface area contributed by atoms with E-state index in [-0.39, 0.29) is 0 Å². The number of rotatable bonds is 4. The lowest BCUT2D eigenvalue weighted by atomic mass is 10.2. The standard InChI is InChI=1S/C16H17N3O3S/c1-9-8-17-15(10(2)14(9)22-4)23(20)16-18-12-6-5-11(21-3)7-13(12)19-16/h5-8H,1-4H3,(H,18,19)/p+1. The van der Waals surface area contributed by atoms with E-state index < -0.39 is 10.8 Å². The molecule has 1 aromatic carbocycles. The monoisotopic (exact) mass is 332 g/mol. The van der Waals surface area contributed by atoms with Crippen molar-refractivity contribution in [2.24, 2.45) is 0 Å². The van der Waals surface area contributed by atoms with Gasteiger partial charge in [0.25, 0.3) is 0 Å². The largest absolute Gasteiger partial charge is 0.497 e. The molecule has 6 nitrogen and oxygen atoms in total. The summed E-state index contributed by atoms with van der Waals surface area (Å²) >= 11 is 0. The highest BCUT2D eigenvalue weighted by Crippen LogP contribution is 2.27. The van der Waals surface area contributed by atoms with Crippen molar-refractivity contribution in [3.63, 3.8) is 0 Å². The Morgan fingerprint density at radius 2 is 2.00 bits per heavy atom. The van der Waals surface area contributed by atoms with Crippen LogP contribution in [0, 0.1) is 13.8 Å². The first-order valence-corrected chi connectivity index (χ1v) is 8.21. The van der Waals surface area contributed by atoms with Crippen molar-refractivity contribution in [2.75, 3.05) is 14.2 Å². The van der Waals surface area contributed by atoms with Crippen LogP contribution in [-0.4, -0.2) is 28.4 Å². The molecule has 0 amide bonds. The number of methoxy groups -OCH3 is 2. The number of nitrogens with one attached hydrogen (secondary N) is 2. The molecule has 3 rings (SSSR count). The van der Waals surface area contributed by atoms with Gasteiger partial charge in [-0.3, -0.25) is 0 Å². The Bertz CT molecular complexity index is 905. The highest BCUT2D eigenvalue weighted by Gasteiger charge is 2.23. The Hall–Kier alpha value is -2.41. The lowest BCUT2D eigenvalue weighted by Gasteiger charge is -2.09. The molecule has 0 aliphatic rings. The van der Waals surface area contributed by atoms with Gasteiger partial charge in [-0.1, -0.05) is 0 Å². The van der Waals surface area contributed by atoms with Crippen LogP contribution in [0.4, 0.5) is 0 Å². The molecule has 1 unspecified atom stereocenters. The summed E-state index contributed by atoms with van der Waals surface area (Å²) in [5.74, 6) is 1.44. The summed E-state index contributed by atoms with van der Waals surface area (Å²) in [5.41, 5.74) is 3.36. The van der Waals surface area contributed by atoms with Crippen LogP contribution in [0.5, 0.6) is 11.5 Å². The maximum absolute atomic E-state index is 12.9. The molecule has 1 atom stereocenters.